The van der Waals surface area contributed by atoms with Gasteiger partial charge in [0.15, 0.2) is 17.3 Å². The standard InChI is InChI=1S/C42H53FN10O6/c1-3-32-39(45-27-10-18-59-19-11-27)49-40(37(47-32)38(44)55)46-28-4-5-33(35(21-28)58-2)52-12-8-29(9-13-52)51-16-14-50(15-17-51)23-26-20-25-24-53(42(57)30(25)22-31(26)43)34-6-7-36(54)48-41(34)56/h4-5,20-22,27,29,34H,3,6-19,23-24H2,1-2H3,(H2,44,55)(H2,45,46,49)(H,48,54,56). The molecule has 5 aliphatic heterocycles. The Bertz CT molecular complexity index is 2100. The van der Waals surface area contributed by atoms with Crippen molar-refractivity contribution in [1.29, 1.82) is 0 Å². The number of carbonyl (C=O) groups is 4. The molecule has 4 saturated heterocycles. The molecule has 59 heavy (non-hydrogen) atoms. The Balaban J connectivity index is 0.851. The van der Waals surface area contributed by atoms with Gasteiger partial charge in [0.2, 0.25) is 11.8 Å². The van der Waals surface area contributed by atoms with E-state index in [9.17, 15) is 19.2 Å². The highest BCUT2D eigenvalue weighted by molar-refractivity contribution is 6.05. The van der Waals surface area contributed by atoms with Gasteiger partial charge in [-0.3, -0.25) is 34.3 Å². The number of aromatic nitrogens is 2. The first-order valence-corrected chi connectivity index (χ1v) is 20.8. The van der Waals surface area contributed by atoms with Crippen molar-refractivity contribution in [2.75, 3.05) is 75.1 Å². The molecule has 2 aromatic carbocycles. The van der Waals surface area contributed by atoms with Crippen molar-refractivity contribution in [2.24, 2.45) is 5.73 Å². The van der Waals surface area contributed by atoms with E-state index in [2.05, 4.69) is 35.6 Å². The molecular formula is C42H53FN10O6. The van der Waals surface area contributed by atoms with Crippen molar-refractivity contribution in [3.8, 4) is 5.75 Å². The van der Waals surface area contributed by atoms with Crippen molar-refractivity contribution >= 4 is 46.6 Å². The highest BCUT2D eigenvalue weighted by Gasteiger charge is 2.40. The number of benzene rings is 2. The smallest absolute Gasteiger partial charge is 0.271 e. The number of methoxy groups -OCH3 is 1. The lowest BCUT2D eigenvalue weighted by Crippen LogP contribution is -2.53. The van der Waals surface area contributed by atoms with Gasteiger partial charge in [-0.15, -0.1) is 0 Å². The first-order chi connectivity index (χ1) is 28.6. The number of nitrogens with zero attached hydrogens (tertiary/aromatic N) is 6. The molecule has 0 bridgehead atoms. The third kappa shape index (κ3) is 8.68. The van der Waals surface area contributed by atoms with Gasteiger partial charge < -0.3 is 35.6 Å². The van der Waals surface area contributed by atoms with Crippen molar-refractivity contribution < 1.29 is 33.0 Å². The van der Waals surface area contributed by atoms with Gasteiger partial charge in [-0.2, -0.15) is 0 Å². The molecule has 5 N–H and O–H groups in total. The zero-order valence-electron chi connectivity index (χ0n) is 33.7. The molecule has 1 atom stereocenters. The number of amides is 4. The predicted octanol–water partition coefficient (Wildman–Crippen LogP) is 3.17. The number of ether oxygens (including phenoxy) is 2. The van der Waals surface area contributed by atoms with Crippen LogP contribution in [0.1, 0.15) is 83.1 Å². The predicted molar refractivity (Wildman–Crippen MR) is 218 cm³/mol. The second kappa shape index (κ2) is 17.5. The summed E-state index contributed by atoms with van der Waals surface area (Å²) in [6.45, 7) is 9.09. The van der Waals surface area contributed by atoms with Gasteiger partial charge in [0.05, 0.1) is 18.5 Å². The Morgan fingerprint density at radius 2 is 1.75 bits per heavy atom. The lowest BCUT2D eigenvalue weighted by molar-refractivity contribution is -0.136. The number of hydrogen-bond acceptors (Lipinski definition) is 13. The van der Waals surface area contributed by atoms with E-state index in [0.717, 1.165) is 70.6 Å². The van der Waals surface area contributed by atoms with E-state index in [1.54, 1.807) is 13.2 Å². The van der Waals surface area contributed by atoms with Crippen molar-refractivity contribution in [2.45, 2.75) is 83.1 Å². The fourth-order valence-electron chi connectivity index (χ4n) is 9.04. The number of anilines is 4. The van der Waals surface area contributed by atoms with E-state index >= 15 is 4.39 Å². The molecule has 0 aliphatic carbocycles. The van der Waals surface area contributed by atoms with Crippen LogP contribution in [0.25, 0.3) is 0 Å². The summed E-state index contributed by atoms with van der Waals surface area (Å²) in [5.41, 5.74) is 9.76. The molecule has 0 spiro atoms. The van der Waals surface area contributed by atoms with Crippen LogP contribution in [0, 0.1) is 5.82 Å². The highest BCUT2D eigenvalue weighted by Crippen LogP contribution is 2.36. The number of primary amides is 1. The number of rotatable bonds is 12. The summed E-state index contributed by atoms with van der Waals surface area (Å²) in [4.78, 5) is 67.7. The summed E-state index contributed by atoms with van der Waals surface area (Å²) >= 11 is 0. The van der Waals surface area contributed by atoms with Gasteiger partial charge in [-0.1, -0.05) is 6.92 Å². The number of halogens is 1. The van der Waals surface area contributed by atoms with Crippen molar-refractivity contribution in [3.63, 3.8) is 0 Å². The number of nitrogens with one attached hydrogen (secondary N) is 3. The molecule has 0 saturated carbocycles. The number of aryl methyl sites for hydroxylation is 1. The summed E-state index contributed by atoms with van der Waals surface area (Å²) < 4.78 is 26.8. The molecule has 0 radical (unpaired) electrons. The fraction of sp³-hybridized carbons (Fsp3) is 0.524. The molecule has 6 heterocycles. The van der Waals surface area contributed by atoms with Gasteiger partial charge in [0.1, 0.15) is 17.6 Å². The molecule has 1 aromatic heterocycles. The third-order valence-corrected chi connectivity index (χ3v) is 12.4. The monoisotopic (exact) mass is 812 g/mol. The van der Waals surface area contributed by atoms with Gasteiger partial charge in [-0.05, 0) is 68.4 Å². The van der Waals surface area contributed by atoms with E-state index < -0.39 is 23.7 Å². The number of piperidine rings is 2. The SMILES string of the molecule is CCc1nc(C(N)=O)c(Nc2ccc(N3CCC(N4CCN(Cc5cc6c(cc5F)C(=O)N(C5CCC(=O)NC5=O)C6)CC4)CC3)c(OC)c2)nc1NC1CCOCC1. The largest absolute Gasteiger partial charge is 0.495 e. The zero-order valence-corrected chi connectivity index (χ0v) is 33.7. The molecule has 314 valence electrons. The van der Waals surface area contributed by atoms with Gasteiger partial charge in [0, 0.05) is 107 Å². The molecule has 5 aliphatic rings. The zero-order chi connectivity index (χ0) is 41.2. The number of fused-ring (bicyclic) bond motifs is 1. The van der Waals surface area contributed by atoms with E-state index in [1.165, 1.54) is 11.0 Å². The van der Waals surface area contributed by atoms with Gasteiger partial charge >= 0.3 is 0 Å². The molecule has 4 fully saturated rings. The molecule has 3 aromatic rings. The Morgan fingerprint density at radius 1 is 0.983 bits per heavy atom. The van der Waals surface area contributed by atoms with Crippen LogP contribution in [0.3, 0.4) is 0 Å². The fourth-order valence-corrected chi connectivity index (χ4v) is 9.04. The number of carbonyl (C=O) groups excluding carboxylic acids is 4. The molecule has 17 heteroatoms. The Kier molecular flexibility index (Phi) is 11.9. The second-order valence-electron chi connectivity index (χ2n) is 16.0. The minimum atomic E-state index is -0.729. The third-order valence-electron chi connectivity index (χ3n) is 12.4. The van der Waals surface area contributed by atoms with E-state index in [1.807, 2.05) is 25.1 Å². The van der Waals surface area contributed by atoms with E-state index in [-0.39, 0.29) is 54.3 Å². The maximum absolute atomic E-state index is 15.4. The quantitative estimate of drug-likeness (QED) is 0.196. The first-order valence-electron chi connectivity index (χ1n) is 20.8. The van der Waals surface area contributed by atoms with Crippen LogP contribution in [-0.4, -0.2) is 126 Å². The number of hydrogen-bond donors (Lipinski definition) is 4. The maximum Gasteiger partial charge on any atom is 0.271 e. The number of nitrogens with two attached hydrogens (primary N) is 1. The maximum atomic E-state index is 15.4. The summed E-state index contributed by atoms with van der Waals surface area (Å²) in [7, 11) is 1.65. The van der Waals surface area contributed by atoms with Crippen LogP contribution in [0.15, 0.2) is 30.3 Å². The first kappa shape index (κ1) is 40.4. The van der Waals surface area contributed by atoms with Crippen molar-refractivity contribution in [3.05, 3.63) is 64.2 Å². The minimum Gasteiger partial charge on any atom is -0.495 e. The molecular weight excluding hydrogens is 760 g/mol. The lowest BCUT2D eigenvalue weighted by Gasteiger charge is -2.43. The van der Waals surface area contributed by atoms with Gasteiger partial charge in [-0.25, -0.2) is 14.4 Å². The normalized spacial score (nSPS) is 21.1. The van der Waals surface area contributed by atoms with E-state index in [4.69, 9.17) is 20.2 Å². The topological polar surface area (TPSA) is 188 Å². The Morgan fingerprint density at radius 3 is 2.44 bits per heavy atom. The average molecular weight is 813 g/mol. The van der Waals surface area contributed by atoms with Crippen molar-refractivity contribution in [1.82, 2.24) is 30.0 Å². The molecule has 1 unspecified atom stereocenters. The van der Waals surface area contributed by atoms with Crippen LogP contribution in [-0.2, 0) is 33.8 Å². The molecule has 8 rings (SSSR count). The second-order valence-corrected chi connectivity index (χ2v) is 16.0. The summed E-state index contributed by atoms with van der Waals surface area (Å²) in [6.07, 6.45) is 4.74. The highest BCUT2D eigenvalue weighted by atomic mass is 19.1. The number of piperazine rings is 1. The van der Waals surface area contributed by atoms with Crippen LogP contribution in [0.2, 0.25) is 0 Å². The van der Waals surface area contributed by atoms with Crippen LogP contribution in [0.5, 0.6) is 5.75 Å². The summed E-state index contributed by atoms with van der Waals surface area (Å²) in [5, 5.41) is 9.10. The Labute approximate surface area is 343 Å². The average Bonchev–Trinajstić information content (AvgIpc) is 3.55. The van der Waals surface area contributed by atoms with Crippen LogP contribution >= 0.6 is 0 Å². The molecule has 4 amide bonds. The Hall–Kier alpha value is -5.39. The van der Waals surface area contributed by atoms with Crippen LogP contribution < -0.4 is 31.3 Å². The van der Waals surface area contributed by atoms with Crippen LogP contribution in [0.4, 0.5) is 27.4 Å². The van der Waals surface area contributed by atoms with Gasteiger partial charge in [0.25, 0.3) is 11.8 Å². The molecule has 16 nitrogen and oxygen atoms in total. The minimum absolute atomic E-state index is 0.0819. The summed E-state index contributed by atoms with van der Waals surface area (Å²) in [6, 6.07) is 8.87. The lowest BCUT2D eigenvalue weighted by atomic mass is 10.0. The van der Waals surface area contributed by atoms with E-state index in [0.29, 0.717) is 66.3 Å². The number of imide groups is 1. The summed E-state index contributed by atoms with van der Waals surface area (Å²) in [5.74, 6) is -0.646.